The second kappa shape index (κ2) is 11.9. The number of aromatic amines is 1. The van der Waals surface area contributed by atoms with Crippen LogP contribution in [0.3, 0.4) is 0 Å². The van der Waals surface area contributed by atoms with Crippen molar-refractivity contribution in [2.45, 2.75) is 56.7 Å². The Morgan fingerprint density at radius 3 is 2.62 bits per heavy atom. The Morgan fingerprint density at radius 2 is 1.90 bits per heavy atom. The van der Waals surface area contributed by atoms with E-state index in [1.54, 1.807) is 36.4 Å². The van der Waals surface area contributed by atoms with Crippen LogP contribution in [0.1, 0.15) is 29.8 Å². The number of carbonyl (C=O) groups is 4. The summed E-state index contributed by atoms with van der Waals surface area (Å²) in [4.78, 5) is 53.0. The number of H-pyrrole nitrogens is 1. The highest BCUT2D eigenvalue weighted by Gasteiger charge is 2.43. The van der Waals surface area contributed by atoms with Gasteiger partial charge in [0.05, 0.1) is 6.42 Å². The molecule has 1 aromatic heterocycles. The summed E-state index contributed by atoms with van der Waals surface area (Å²) >= 11 is 0. The predicted octanol–water partition coefficient (Wildman–Crippen LogP) is 0.135. The van der Waals surface area contributed by atoms with Crippen molar-refractivity contribution in [3.63, 3.8) is 0 Å². The fraction of sp³-hybridized carbons (Fsp3) is 0.346. The maximum Gasteiger partial charge on any atom is 0.408 e. The molecule has 0 saturated carbocycles. The van der Waals surface area contributed by atoms with Gasteiger partial charge < -0.3 is 25.2 Å². The molecule has 208 valence electrons. The quantitative estimate of drug-likeness (QED) is 0.267. The van der Waals surface area contributed by atoms with Gasteiger partial charge in [-0.1, -0.05) is 53.7 Å². The first-order chi connectivity index (χ1) is 19.4. The van der Waals surface area contributed by atoms with Crippen LogP contribution in [0.25, 0.3) is 0 Å². The number of fused-ring (bicyclic) bond motifs is 1. The molecule has 0 aliphatic carbocycles. The Labute approximate surface area is 228 Å². The standard InChI is InChI=1S/C26H27N7O7/c34-22-13-18(25(37)40-22)27-23(35)20-12-16-8-4-5-9-19(16)33(20)24(36)17(10-11-21-29-31-32-30-21)28-26(38)39-14-15-6-2-1-3-7-15/h1-9,17-18,20,25,37H,10-14H2,(H,27,35)(H,28,38)(H,29,30,31,32)/t17-,18-,20-,25?/m0/s1. The fourth-order valence-corrected chi connectivity index (χ4v) is 4.71. The van der Waals surface area contributed by atoms with E-state index >= 15 is 0 Å². The van der Waals surface area contributed by atoms with E-state index in [1.807, 2.05) is 18.2 Å². The number of carbonyl (C=O) groups excluding carboxylic acids is 4. The molecule has 0 bridgehead atoms. The summed E-state index contributed by atoms with van der Waals surface area (Å²) in [5, 5.41) is 28.9. The number of rotatable bonds is 9. The van der Waals surface area contributed by atoms with Gasteiger partial charge in [-0.15, -0.1) is 10.2 Å². The van der Waals surface area contributed by atoms with Crippen molar-refractivity contribution in [3.8, 4) is 0 Å². The van der Waals surface area contributed by atoms with Gasteiger partial charge in [-0.05, 0) is 23.6 Å². The van der Waals surface area contributed by atoms with Crippen molar-refractivity contribution < 1.29 is 33.8 Å². The topological polar surface area (TPSA) is 189 Å². The molecule has 4 atom stereocenters. The molecule has 5 rings (SSSR count). The average Bonchev–Trinajstić information content (AvgIpc) is 3.69. The number of amides is 3. The summed E-state index contributed by atoms with van der Waals surface area (Å²) in [6.07, 6.45) is -1.99. The molecule has 14 nitrogen and oxygen atoms in total. The first-order valence-corrected chi connectivity index (χ1v) is 12.7. The van der Waals surface area contributed by atoms with Crippen molar-refractivity contribution in [2.24, 2.45) is 0 Å². The van der Waals surface area contributed by atoms with Crippen molar-refractivity contribution in [2.75, 3.05) is 4.90 Å². The zero-order chi connectivity index (χ0) is 28.1. The summed E-state index contributed by atoms with van der Waals surface area (Å²) in [5.41, 5.74) is 2.03. The smallest absolute Gasteiger partial charge is 0.408 e. The lowest BCUT2D eigenvalue weighted by atomic mass is 10.1. The molecule has 3 aromatic rings. The van der Waals surface area contributed by atoms with Crippen LogP contribution in [0, 0.1) is 0 Å². The Hall–Kier alpha value is -4.85. The number of para-hydroxylation sites is 1. The molecule has 0 radical (unpaired) electrons. The molecule has 2 aliphatic heterocycles. The van der Waals surface area contributed by atoms with Crippen LogP contribution in [0.15, 0.2) is 54.6 Å². The van der Waals surface area contributed by atoms with Crippen molar-refractivity contribution in [1.29, 1.82) is 0 Å². The molecule has 1 saturated heterocycles. The first-order valence-electron chi connectivity index (χ1n) is 12.7. The minimum Gasteiger partial charge on any atom is -0.445 e. The number of alkyl carbamates (subject to hydrolysis) is 1. The minimum atomic E-state index is -1.48. The van der Waals surface area contributed by atoms with Gasteiger partial charge in [-0.3, -0.25) is 19.3 Å². The van der Waals surface area contributed by atoms with E-state index in [-0.39, 0.29) is 32.3 Å². The second-order valence-corrected chi connectivity index (χ2v) is 9.38. The van der Waals surface area contributed by atoms with Crippen molar-refractivity contribution in [3.05, 3.63) is 71.5 Å². The number of aryl methyl sites for hydroxylation is 1. The zero-order valence-electron chi connectivity index (χ0n) is 21.2. The second-order valence-electron chi connectivity index (χ2n) is 9.38. The molecule has 3 heterocycles. The summed E-state index contributed by atoms with van der Waals surface area (Å²) in [7, 11) is 0. The largest absolute Gasteiger partial charge is 0.445 e. The number of nitrogens with zero attached hydrogens (tertiary/aromatic N) is 4. The molecule has 14 heteroatoms. The third kappa shape index (κ3) is 6.07. The number of benzene rings is 2. The van der Waals surface area contributed by atoms with Crippen LogP contribution >= 0.6 is 0 Å². The van der Waals surface area contributed by atoms with Crippen LogP contribution < -0.4 is 15.5 Å². The van der Waals surface area contributed by atoms with Crippen LogP contribution in [0.5, 0.6) is 0 Å². The highest BCUT2D eigenvalue weighted by molar-refractivity contribution is 6.06. The summed E-state index contributed by atoms with van der Waals surface area (Å²) in [6, 6.07) is 13.1. The van der Waals surface area contributed by atoms with E-state index in [4.69, 9.17) is 9.47 Å². The highest BCUT2D eigenvalue weighted by atomic mass is 16.6. The summed E-state index contributed by atoms with van der Waals surface area (Å²) in [6.45, 7) is 0.000506. The Balaban J connectivity index is 1.35. The number of hydrogen-bond donors (Lipinski definition) is 4. The number of aromatic nitrogens is 4. The maximum atomic E-state index is 14.0. The maximum absolute atomic E-state index is 14.0. The van der Waals surface area contributed by atoms with Crippen LogP contribution in [-0.2, 0) is 43.3 Å². The monoisotopic (exact) mass is 549 g/mol. The molecule has 0 spiro atoms. The molecule has 1 unspecified atom stereocenters. The van der Waals surface area contributed by atoms with Gasteiger partial charge >= 0.3 is 12.1 Å². The van der Waals surface area contributed by atoms with E-state index < -0.39 is 48.3 Å². The SMILES string of the molecule is O=C1C[C@H](NC(=O)[C@@H]2Cc3ccccc3N2C(=O)[C@H](CCc2nn[nH]n2)NC(=O)OCc2ccccc2)C(O)O1. The van der Waals surface area contributed by atoms with Crippen molar-refractivity contribution >= 4 is 29.6 Å². The Kier molecular flexibility index (Phi) is 7.96. The average molecular weight is 550 g/mol. The van der Waals surface area contributed by atoms with Gasteiger partial charge in [0.25, 0.3) is 0 Å². The normalized spacial score (nSPS) is 20.4. The van der Waals surface area contributed by atoms with Crippen LogP contribution in [-0.4, -0.2) is 74.0 Å². The lowest BCUT2D eigenvalue weighted by molar-refractivity contribution is -0.155. The number of aliphatic hydroxyl groups excluding tert-OH is 1. The summed E-state index contributed by atoms with van der Waals surface area (Å²) < 4.78 is 10.1. The number of nitrogens with one attached hydrogen (secondary N) is 3. The Morgan fingerprint density at radius 1 is 1.12 bits per heavy atom. The lowest BCUT2D eigenvalue weighted by Gasteiger charge is -2.30. The van der Waals surface area contributed by atoms with Crippen LogP contribution in [0.2, 0.25) is 0 Å². The molecule has 1 fully saturated rings. The van der Waals surface area contributed by atoms with E-state index in [1.165, 1.54) is 4.90 Å². The molecular formula is C26H27N7O7. The van der Waals surface area contributed by atoms with Gasteiger partial charge in [-0.25, -0.2) is 4.79 Å². The third-order valence-corrected chi connectivity index (χ3v) is 6.68. The molecule has 4 N–H and O–H groups in total. The van der Waals surface area contributed by atoms with Crippen LogP contribution in [0.4, 0.5) is 10.5 Å². The van der Waals surface area contributed by atoms with E-state index in [0.29, 0.717) is 11.5 Å². The highest BCUT2D eigenvalue weighted by Crippen LogP contribution is 2.33. The van der Waals surface area contributed by atoms with Gasteiger partial charge in [0, 0.05) is 18.5 Å². The van der Waals surface area contributed by atoms with Gasteiger partial charge in [-0.2, -0.15) is 5.21 Å². The number of hydrogen-bond acceptors (Lipinski definition) is 10. The molecule has 3 amide bonds. The minimum absolute atomic E-state index is 0.000506. The number of ether oxygens (including phenoxy) is 2. The van der Waals surface area contributed by atoms with E-state index in [2.05, 4.69) is 31.3 Å². The lowest BCUT2D eigenvalue weighted by Crippen LogP contribution is -2.56. The molecule has 2 aromatic carbocycles. The number of esters is 1. The zero-order valence-corrected chi connectivity index (χ0v) is 21.2. The molecule has 40 heavy (non-hydrogen) atoms. The number of aliphatic hydroxyl groups is 1. The fourth-order valence-electron chi connectivity index (χ4n) is 4.71. The first kappa shape index (κ1) is 26.7. The van der Waals surface area contributed by atoms with Gasteiger partial charge in [0.2, 0.25) is 18.1 Å². The van der Waals surface area contributed by atoms with Crippen molar-refractivity contribution in [1.82, 2.24) is 31.3 Å². The number of anilines is 1. The predicted molar refractivity (Wildman–Crippen MR) is 136 cm³/mol. The number of cyclic esters (lactones) is 1. The molecular weight excluding hydrogens is 522 g/mol. The Bertz CT molecular complexity index is 1370. The van der Waals surface area contributed by atoms with E-state index in [0.717, 1.165) is 11.1 Å². The molecule has 2 aliphatic rings. The van der Waals surface area contributed by atoms with E-state index in [9.17, 15) is 24.3 Å². The third-order valence-electron chi connectivity index (χ3n) is 6.68. The van der Waals surface area contributed by atoms with Gasteiger partial charge in [0.15, 0.2) is 5.82 Å². The van der Waals surface area contributed by atoms with Gasteiger partial charge in [0.1, 0.15) is 24.7 Å². The number of tetrazole rings is 1. The summed E-state index contributed by atoms with van der Waals surface area (Å²) in [5.74, 6) is -1.42.